The van der Waals surface area contributed by atoms with E-state index < -0.39 is 0 Å². The molecule has 1 N–H and O–H groups in total. The van der Waals surface area contributed by atoms with Crippen LogP contribution in [-0.2, 0) is 11.2 Å². The number of carbonyl (C=O) groups excluding carboxylic acids is 1. The SMILES string of the molecule is CC(O)C1CCN(C(=O)CCc2cccc(F)c2)C1. The number of carbonyl (C=O) groups is 1. The van der Waals surface area contributed by atoms with E-state index in [2.05, 4.69) is 0 Å². The lowest BCUT2D eigenvalue weighted by Gasteiger charge is -2.17. The monoisotopic (exact) mass is 265 g/mol. The summed E-state index contributed by atoms with van der Waals surface area (Å²) < 4.78 is 13.0. The average Bonchev–Trinajstić information content (AvgIpc) is 2.86. The van der Waals surface area contributed by atoms with Crippen molar-refractivity contribution < 1.29 is 14.3 Å². The summed E-state index contributed by atoms with van der Waals surface area (Å²) in [7, 11) is 0. The molecule has 0 aliphatic carbocycles. The van der Waals surface area contributed by atoms with Crippen LogP contribution in [0.3, 0.4) is 0 Å². The first kappa shape index (κ1) is 14.0. The minimum absolute atomic E-state index is 0.0902. The van der Waals surface area contributed by atoms with Crippen LogP contribution in [0.1, 0.15) is 25.3 Å². The number of rotatable bonds is 4. The van der Waals surface area contributed by atoms with Crippen LogP contribution in [0.4, 0.5) is 4.39 Å². The molecule has 2 rings (SSSR count). The zero-order valence-electron chi connectivity index (χ0n) is 11.2. The molecule has 1 aromatic rings. The first-order valence-corrected chi connectivity index (χ1v) is 6.76. The van der Waals surface area contributed by atoms with Crippen LogP contribution in [0.15, 0.2) is 24.3 Å². The summed E-state index contributed by atoms with van der Waals surface area (Å²) in [5.41, 5.74) is 0.847. The molecule has 1 aliphatic rings. The molecule has 2 atom stereocenters. The number of aryl methyl sites for hydroxylation is 1. The van der Waals surface area contributed by atoms with Gasteiger partial charge in [0.25, 0.3) is 0 Å². The molecule has 1 fully saturated rings. The van der Waals surface area contributed by atoms with Crippen LogP contribution in [-0.4, -0.2) is 35.1 Å². The molecule has 1 heterocycles. The van der Waals surface area contributed by atoms with Crippen molar-refractivity contribution in [2.75, 3.05) is 13.1 Å². The van der Waals surface area contributed by atoms with Gasteiger partial charge in [-0.1, -0.05) is 12.1 Å². The van der Waals surface area contributed by atoms with Crippen LogP contribution < -0.4 is 0 Å². The van der Waals surface area contributed by atoms with Gasteiger partial charge in [0.2, 0.25) is 5.91 Å². The molecule has 1 saturated heterocycles. The molecule has 19 heavy (non-hydrogen) atoms. The van der Waals surface area contributed by atoms with Gasteiger partial charge in [-0.3, -0.25) is 4.79 Å². The predicted octanol–water partition coefficient (Wildman–Crippen LogP) is 1.99. The first-order chi connectivity index (χ1) is 9.06. The number of hydrogen-bond acceptors (Lipinski definition) is 2. The molecule has 0 aromatic heterocycles. The number of aliphatic hydroxyl groups is 1. The van der Waals surface area contributed by atoms with E-state index >= 15 is 0 Å². The standard InChI is InChI=1S/C15H20FNO2/c1-11(18)13-7-8-17(10-13)15(19)6-5-12-3-2-4-14(16)9-12/h2-4,9,11,13,18H,5-8,10H2,1H3. The van der Waals surface area contributed by atoms with Crippen molar-refractivity contribution in [2.45, 2.75) is 32.3 Å². The highest BCUT2D eigenvalue weighted by molar-refractivity contribution is 5.76. The molecule has 0 spiro atoms. The number of aliphatic hydroxyl groups excluding tert-OH is 1. The Morgan fingerprint density at radius 2 is 2.37 bits per heavy atom. The Labute approximate surface area is 113 Å². The fraction of sp³-hybridized carbons (Fsp3) is 0.533. The van der Waals surface area contributed by atoms with Crippen LogP contribution in [0.2, 0.25) is 0 Å². The van der Waals surface area contributed by atoms with Gasteiger partial charge in [-0.2, -0.15) is 0 Å². The molecule has 0 radical (unpaired) electrons. The first-order valence-electron chi connectivity index (χ1n) is 6.76. The summed E-state index contributed by atoms with van der Waals surface area (Å²) >= 11 is 0. The minimum atomic E-state index is -0.360. The Balaban J connectivity index is 1.82. The zero-order valence-corrected chi connectivity index (χ0v) is 11.2. The maximum Gasteiger partial charge on any atom is 0.222 e. The normalized spacial score (nSPS) is 20.6. The van der Waals surface area contributed by atoms with Crippen molar-refractivity contribution in [1.82, 2.24) is 4.90 Å². The van der Waals surface area contributed by atoms with Gasteiger partial charge in [-0.25, -0.2) is 4.39 Å². The van der Waals surface area contributed by atoms with Gasteiger partial charge >= 0.3 is 0 Å². The Bertz CT molecular complexity index is 448. The molecule has 1 aromatic carbocycles. The van der Waals surface area contributed by atoms with Crippen molar-refractivity contribution in [3.8, 4) is 0 Å². The van der Waals surface area contributed by atoms with Gasteiger partial charge in [0.05, 0.1) is 6.10 Å². The molecular formula is C15H20FNO2. The maximum absolute atomic E-state index is 13.0. The number of halogens is 1. The van der Waals surface area contributed by atoms with Gasteiger partial charge < -0.3 is 10.0 Å². The lowest BCUT2D eigenvalue weighted by atomic mass is 10.0. The highest BCUT2D eigenvalue weighted by Gasteiger charge is 2.28. The van der Waals surface area contributed by atoms with Crippen molar-refractivity contribution >= 4 is 5.91 Å². The summed E-state index contributed by atoms with van der Waals surface area (Å²) in [5, 5.41) is 9.51. The lowest BCUT2D eigenvalue weighted by molar-refractivity contribution is -0.130. The van der Waals surface area contributed by atoms with E-state index in [0.29, 0.717) is 19.4 Å². The fourth-order valence-corrected chi connectivity index (χ4v) is 2.51. The molecule has 0 saturated carbocycles. The second-order valence-corrected chi connectivity index (χ2v) is 5.26. The highest BCUT2D eigenvalue weighted by Crippen LogP contribution is 2.20. The van der Waals surface area contributed by atoms with Crippen molar-refractivity contribution in [3.63, 3.8) is 0 Å². The van der Waals surface area contributed by atoms with Gasteiger partial charge in [-0.15, -0.1) is 0 Å². The molecule has 104 valence electrons. The van der Waals surface area contributed by atoms with E-state index in [9.17, 15) is 14.3 Å². The molecule has 2 unspecified atom stereocenters. The van der Waals surface area contributed by atoms with Crippen molar-refractivity contribution in [1.29, 1.82) is 0 Å². The minimum Gasteiger partial charge on any atom is -0.393 e. The number of likely N-dealkylation sites (tertiary alicyclic amines) is 1. The van der Waals surface area contributed by atoms with Gasteiger partial charge in [0.1, 0.15) is 5.82 Å². The van der Waals surface area contributed by atoms with Gasteiger partial charge in [0, 0.05) is 25.4 Å². The van der Waals surface area contributed by atoms with E-state index in [4.69, 9.17) is 0 Å². The second kappa shape index (κ2) is 6.15. The molecule has 1 aliphatic heterocycles. The van der Waals surface area contributed by atoms with E-state index in [1.165, 1.54) is 12.1 Å². The number of benzene rings is 1. The molecule has 1 amide bonds. The van der Waals surface area contributed by atoms with Crippen LogP contribution in [0, 0.1) is 11.7 Å². The van der Waals surface area contributed by atoms with E-state index in [0.717, 1.165) is 18.5 Å². The smallest absolute Gasteiger partial charge is 0.222 e. The number of hydrogen-bond donors (Lipinski definition) is 1. The van der Waals surface area contributed by atoms with E-state index in [1.54, 1.807) is 17.9 Å². The van der Waals surface area contributed by atoms with Gasteiger partial charge in [-0.05, 0) is 37.5 Å². The predicted molar refractivity (Wildman–Crippen MR) is 71.1 cm³/mol. The van der Waals surface area contributed by atoms with E-state index in [1.807, 2.05) is 6.07 Å². The summed E-state index contributed by atoms with van der Waals surface area (Å²) in [5.74, 6) is 0.0193. The Morgan fingerprint density at radius 1 is 1.58 bits per heavy atom. The van der Waals surface area contributed by atoms with Crippen molar-refractivity contribution in [3.05, 3.63) is 35.6 Å². The van der Waals surface area contributed by atoms with Gasteiger partial charge in [0.15, 0.2) is 0 Å². The number of amides is 1. The third-order valence-corrected chi connectivity index (χ3v) is 3.78. The quantitative estimate of drug-likeness (QED) is 0.904. The summed E-state index contributed by atoms with van der Waals surface area (Å²) in [6.45, 7) is 3.13. The largest absolute Gasteiger partial charge is 0.393 e. The van der Waals surface area contributed by atoms with Crippen LogP contribution in [0.25, 0.3) is 0 Å². The Kier molecular flexibility index (Phi) is 4.53. The molecule has 0 bridgehead atoms. The zero-order chi connectivity index (χ0) is 13.8. The number of nitrogens with zero attached hydrogens (tertiary/aromatic N) is 1. The highest BCUT2D eigenvalue weighted by atomic mass is 19.1. The summed E-state index contributed by atoms with van der Waals surface area (Å²) in [6.07, 6.45) is 1.47. The fourth-order valence-electron chi connectivity index (χ4n) is 2.51. The summed E-state index contributed by atoms with van der Waals surface area (Å²) in [6, 6.07) is 6.36. The molecule has 3 nitrogen and oxygen atoms in total. The van der Waals surface area contributed by atoms with Crippen LogP contribution in [0.5, 0.6) is 0 Å². The topological polar surface area (TPSA) is 40.5 Å². The average molecular weight is 265 g/mol. The lowest BCUT2D eigenvalue weighted by Crippen LogP contribution is -2.30. The third kappa shape index (κ3) is 3.77. The molecular weight excluding hydrogens is 245 g/mol. The van der Waals surface area contributed by atoms with Crippen LogP contribution >= 0.6 is 0 Å². The maximum atomic E-state index is 13.0. The van der Waals surface area contributed by atoms with Crippen molar-refractivity contribution in [2.24, 2.45) is 5.92 Å². The Morgan fingerprint density at radius 3 is 3.00 bits per heavy atom. The molecule has 4 heteroatoms. The van der Waals surface area contributed by atoms with E-state index in [-0.39, 0.29) is 23.7 Å². The third-order valence-electron chi connectivity index (χ3n) is 3.78. The Hall–Kier alpha value is -1.42. The second-order valence-electron chi connectivity index (χ2n) is 5.26. The summed E-state index contributed by atoms with van der Waals surface area (Å²) in [4.78, 5) is 13.8.